The van der Waals surface area contributed by atoms with Crippen molar-refractivity contribution < 1.29 is 18.3 Å². The van der Waals surface area contributed by atoms with Gasteiger partial charge in [-0.15, -0.1) is 0 Å². The number of nitrogens with zero attached hydrogens (tertiary/aromatic N) is 2. The lowest BCUT2D eigenvalue weighted by Crippen LogP contribution is -2.25. The topological polar surface area (TPSA) is 99.6 Å². The molecule has 0 unspecified atom stereocenters. The van der Waals surface area contributed by atoms with E-state index in [0.29, 0.717) is 13.1 Å². The summed E-state index contributed by atoms with van der Waals surface area (Å²) in [6.45, 7) is 4.79. The number of benzene rings is 2. The van der Waals surface area contributed by atoms with Crippen LogP contribution < -0.4 is 9.62 Å². The fourth-order valence-corrected chi connectivity index (χ4v) is 4.03. The van der Waals surface area contributed by atoms with Crippen molar-refractivity contribution in [3.05, 3.63) is 83.6 Å². The Hall–Kier alpha value is -3.39. The minimum Gasteiger partial charge on any atom is -0.478 e. The van der Waals surface area contributed by atoms with Crippen molar-refractivity contribution in [1.82, 2.24) is 4.98 Å². The molecule has 0 aliphatic carbocycles. The van der Waals surface area contributed by atoms with Crippen LogP contribution in [0.3, 0.4) is 0 Å². The molecule has 1 aromatic heterocycles. The van der Waals surface area contributed by atoms with Gasteiger partial charge in [0.15, 0.2) is 0 Å². The van der Waals surface area contributed by atoms with Crippen molar-refractivity contribution in [1.29, 1.82) is 0 Å². The molecule has 0 radical (unpaired) electrons. The van der Waals surface area contributed by atoms with Gasteiger partial charge in [0.2, 0.25) is 0 Å². The Morgan fingerprint density at radius 2 is 1.77 bits per heavy atom. The average molecular weight is 426 g/mol. The molecule has 0 fully saturated rings. The molecule has 3 aromatic rings. The summed E-state index contributed by atoms with van der Waals surface area (Å²) in [6, 6.07) is 17.3. The lowest BCUT2D eigenvalue weighted by atomic mass is 10.2. The second-order valence-electron chi connectivity index (χ2n) is 6.82. The van der Waals surface area contributed by atoms with Gasteiger partial charge in [-0.25, -0.2) is 18.2 Å². The maximum atomic E-state index is 12.6. The number of nitrogens with one attached hydrogen (secondary N) is 1. The van der Waals surface area contributed by atoms with Gasteiger partial charge in [0.25, 0.3) is 10.0 Å². The molecule has 0 saturated carbocycles. The lowest BCUT2D eigenvalue weighted by Gasteiger charge is -2.24. The van der Waals surface area contributed by atoms with E-state index in [1.54, 1.807) is 12.1 Å². The molecule has 0 spiro atoms. The summed E-state index contributed by atoms with van der Waals surface area (Å²) < 4.78 is 27.6. The monoisotopic (exact) mass is 425 g/mol. The third-order valence-electron chi connectivity index (χ3n) is 4.58. The fourth-order valence-electron chi connectivity index (χ4n) is 2.99. The molecule has 30 heavy (non-hydrogen) atoms. The molecule has 2 aromatic carbocycles. The molecular formula is C22H23N3O4S. The van der Waals surface area contributed by atoms with E-state index < -0.39 is 16.0 Å². The highest BCUT2D eigenvalue weighted by atomic mass is 32.2. The lowest BCUT2D eigenvalue weighted by molar-refractivity contribution is 0.0697. The van der Waals surface area contributed by atoms with Gasteiger partial charge in [0.05, 0.1) is 16.8 Å². The normalized spacial score (nSPS) is 11.1. The average Bonchev–Trinajstić information content (AvgIpc) is 2.73. The molecule has 7 nitrogen and oxygen atoms in total. The summed E-state index contributed by atoms with van der Waals surface area (Å²) in [4.78, 5) is 18.1. The van der Waals surface area contributed by atoms with Crippen LogP contribution in [0.5, 0.6) is 0 Å². The van der Waals surface area contributed by atoms with Gasteiger partial charge in [0, 0.05) is 13.1 Å². The third-order valence-corrected chi connectivity index (χ3v) is 5.98. The molecule has 0 saturated heterocycles. The van der Waals surface area contributed by atoms with Crippen molar-refractivity contribution in [2.24, 2.45) is 0 Å². The largest absolute Gasteiger partial charge is 0.478 e. The number of sulfonamides is 1. The number of carboxylic acid groups (broad SMARTS) is 1. The fraction of sp³-hybridized carbons (Fsp3) is 0.182. The predicted octanol–water partition coefficient (Wildman–Crippen LogP) is 3.92. The smallest absolute Gasteiger partial charge is 0.339 e. The Bertz CT molecular complexity index is 1130. The maximum Gasteiger partial charge on any atom is 0.339 e. The number of aromatic carboxylic acids is 1. The van der Waals surface area contributed by atoms with Crippen LogP contribution in [0.2, 0.25) is 0 Å². The Kier molecular flexibility index (Phi) is 6.37. The zero-order valence-electron chi connectivity index (χ0n) is 16.7. The molecule has 3 rings (SSSR count). The Morgan fingerprint density at radius 3 is 2.37 bits per heavy atom. The quantitative estimate of drug-likeness (QED) is 0.568. The summed E-state index contributed by atoms with van der Waals surface area (Å²) in [6.07, 6.45) is 1.33. The summed E-state index contributed by atoms with van der Waals surface area (Å²) in [5.74, 6) is -0.896. The van der Waals surface area contributed by atoms with Gasteiger partial charge < -0.3 is 10.0 Å². The first-order valence-corrected chi connectivity index (χ1v) is 10.9. The van der Waals surface area contributed by atoms with E-state index >= 15 is 0 Å². The highest BCUT2D eigenvalue weighted by Crippen LogP contribution is 2.25. The Labute approximate surface area is 176 Å². The van der Waals surface area contributed by atoms with Crippen LogP contribution >= 0.6 is 0 Å². The van der Waals surface area contributed by atoms with Crippen LogP contribution in [0.25, 0.3) is 0 Å². The first-order valence-electron chi connectivity index (χ1n) is 9.42. The van der Waals surface area contributed by atoms with Crippen LogP contribution in [-0.4, -0.2) is 31.0 Å². The van der Waals surface area contributed by atoms with Crippen molar-refractivity contribution in [3.8, 4) is 0 Å². The summed E-state index contributed by atoms with van der Waals surface area (Å²) in [5, 5.41) is 9.70. The van der Waals surface area contributed by atoms with Gasteiger partial charge in [-0.2, -0.15) is 0 Å². The van der Waals surface area contributed by atoms with Crippen LogP contribution in [0.1, 0.15) is 28.4 Å². The van der Waals surface area contributed by atoms with Crippen molar-refractivity contribution in [3.63, 3.8) is 0 Å². The number of pyridine rings is 1. The van der Waals surface area contributed by atoms with Crippen molar-refractivity contribution in [2.75, 3.05) is 16.2 Å². The van der Waals surface area contributed by atoms with Crippen molar-refractivity contribution in [2.45, 2.75) is 25.3 Å². The molecule has 0 atom stereocenters. The molecule has 1 heterocycles. The van der Waals surface area contributed by atoms with Crippen molar-refractivity contribution >= 4 is 27.5 Å². The number of carbonyl (C=O) groups is 1. The predicted molar refractivity (Wildman–Crippen MR) is 116 cm³/mol. The van der Waals surface area contributed by atoms with E-state index in [-0.39, 0.29) is 22.0 Å². The number of anilines is 2. The van der Waals surface area contributed by atoms with Gasteiger partial charge in [-0.1, -0.05) is 48.0 Å². The van der Waals surface area contributed by atoms with E-state index in [2.05, 4.69) is 9.71 Å². The van der Waals surface area contributed by atoms with Gasteiger partial charge in [0.1, 0.15) is 11.4 Å². The third kappa shape index (κ3) is 4.96. The summed E-state index contributed by atoms with van der Waals surface area (Å²) in [7, 11) is -3.86. The van der Waals surface area contributed by atoms with Crippen LogP contribution in [-0.2, 0) is 16.6 Å². The molecule has 0 bridgehead atoms. The minimum atomic E-state index is -3.86. The highest BCUT2D eigenvalue weighted by Gasteiger charge is 2.20. The van der Waals surface area contributed by atoms with E-state index in [1.165, 1.54) is 24.4 Å². The number of hydrogen-bond donors (Lipinski definition) is 2. The summed E-state index contributed by atoms with van der Waals surface area (Å²) >= 11 is 0. The molecule has 0 aliphatic heterocycles. The molecule has 0 amide bonds. The van der Waals surface area contributed by atoms with E-state index in [0.717, 1.165) is 11.1 Å². The maximum absolute atomic E-state index is 12.6. The standard InChI is InChI=1S/C22H23N3O4S/c1-3-25(15-17-7-5-4-6-8-17)21-20(22(26)27)13-18(14-23-21)24-30(28,29)19-11-9-16(2)10-12-19/h4-14,24H,3,15H2,1-2H3,(H,26,27). The van der Waals surface area contributed by atoms with E-state index in [9.17, 15) is 18.3 Å². The SMILES string of the molecule is CCN(Cc1ccccc1)c1ncc(NS(=O)(=O)c2ccc(C)cc2)cc1C(=O)O. The number of rotatable bonds is 8. The second-order valence-corrected chi connectivity index (χ2v) is 8.50. The molecule has 0 aliphatic rings. The molecule has 2 N–H and O–H groups in total. The number of carboxylic acids is 1. The summed E-state index contributed by atoms with van der Waals surface area (Å²) in [5.41, 5.74) is 1.97. The van der Waals surface area contributed by atoms with Gasteiger partial charge in [-0.3, -0.25) is 4.72 Å². The molecular weight excluding hydrogens is 402 g/mol. The van der Waals surface area contributed by atoms with Gasteiger partial charge in [-0.05, 0) is 37.6 Å². The molecule has 8 heteroatoms. The van der Waals surface area contributed by atoms with Gasteiger partial charge >= 0.3 is 5.97 Å². The van der Waals surface area contributed by atoms with Crippen LogP contribution in [0, 0.1) is 6.92 Å². The Morgan fingerprint density at radius 1 is 1.10 bits per heavy atom. The second kappa shape index (κ2) is 8.96. The first kappa shape index (κ1) is 21.3. The van der Waals surface area contributed by atoms with Crippen LogP contribution in [0.15, 0.2) is 71.8 Å². The highest BCUT2D eigenvalue weighted by molar-refractivity contribution is 7.92. The molecule has 156 valence electrons. The van der Waals surface area contributed by atoms with E-state index in [1.807, 2.05) is 49.1 Å². The van der Waals surface area contributed by atoms with E-state index in [4.69, 9.17) is 0 Å². The number of aromatic nitrogens is 1. The zero-order valence-corrected chi connectivity index (χ0v) is 17.6. The Balaban J connectivity index is 1.91. The number of aryl methyl sites for hydroxylation is 1. The first-order chi connectivity index (χ1) is 14.3. The number of hydrogen-bond acceptors (Lipinski definition) is 5. The zero-order chi connectivity index (χ0) is 21.7. The minimum absolute atomic E-state index is 0.0723. The van der Waals surface area contributed by atoms with Crippen LogP contribution in [0.4, 0.5) is 11.5 Å².